The molecule has 0 saturated heterocycles. The van der Waals surface area contributed by atoms with E-state index in [2.05, 4.69) is 15.2 Å². The molecule has 3 aromatic rings. The van der Waals surface area contributed by atoms with Gasteiger partial charge in [-0.05, 0) is 43.4 Å². The van der Waals surface area contributed by atoms with Gasteiger partial charge in [0.2, 0.25) is 0 Å². The smallest absolute Gasteiger partial charge is 0.276 e. The molecule has 0 bridgehead atoms. The number of rotatable bonds is 8. The molecule has 1 saturated carbocycles. The molecule has 1 fully saturated rings. The van der Waals surface area contributed by atoms with E-state index in [9.17, 15) is 12.8 Å². The molecule has 1 aromatic carbocycles. The van der Waals surface area contributed by atoms with E-state index in [4.69, 9.17) is 16.1 Å². The maximum absolute atomic E-state index is 13.5. The van der Waals surface area contributed by atoms with Gasteiger partial charge in [-0.15, -0.1) is 0 Å². The van der Waals surface area contributed by atoms with Crippen LogP contribution in [0.4, 0.5) is 4.39 Å². The van der Waals surface area contributed by atoms with Crippen molar-refractivity contribution in [1.82, 2.24) is 19.9 Å². The zero-order chi connectivity index (χ0) is 22.4. The van der Waals surface area contributed by atoms with Gasteiger partial charge in [0, 0.05) is 16.8 Å². The molecule has 2 aromatic heterocycles. The highest BCUT2D eigenvalue weighted by molar-refractivity contribution is 7.90. The summed E-state index contributed by atoms with van der Waals surface area (Å²) in [7, 11) is -3.16. The third-order valence-electron chi connectivity index (χ3n) is 5.75. The lowest BCUT2D eigenvalue weighted by Gasteiger charge is -2.13. The number of hydrogen-bond acceptors (Lipinski definition) is 6. The molecule has 7 nitrogen and oxygen atoms in total. The Bertz CT molecular complexity index is 1230. The second-order valence-corrected chi connectivity index (χ2v) is 10.6. The first-order chi connectivity index (χ1) is 14.7. The van der Waals surface area contributed by atoms with Gasteiger partial charge in [0.25, 0.3) is 5.89 Å². The summed E-state index contributed by atoms with van der Waals surface area (Å²) in [6.45, 7) is 4.22. The number of hydrogen-bond donors (Lipinski definition) is 0. The fraction of sp³-hybridized carbons (Fsp3) is 0.476. The summed E-state index contributed by atoms with van der Waals surface area (Å²) in [4.78, 5) is 4.68. The number of sulfone groups is 1. The summed E-state index contributed by atoms with van der Waals surface area (Å²) in [5.41, 5.74) is 2.79. The number of halogens is 2. The highest BCUT2D eigenvalue weighted by Gasteiger charge is 2.51. The van der Waals surface area contributed by atoms with Crippen molar-refractivity contribution in [2.24, 2.45) is 0 Å². The van der Waals surface area contributed by atoms with Crippen molar-refractivity contribution in [3.05, 3.63) is 51.7 Å². The zero-order valence-corrected chi connectivity index (χ0v) is 19.2. The first-order valence-electron chi connectivity index (χ1n) is 10.2. The van der Waals surface area contributed by atoms with Crippen LogP contribution in [0.5, 0.6) is 0 Å². The maximum atomic E-state index is 13.5. The highest BCUT2D eigenvalue weighted by Crippen LogP contribution is 2.54. The Balaban J connectivity index is 1.76. The Morgan fingerprint density at radius 1 is 1.26 bits per heavy atom. The largest absolute Gasteiger partial charge is 0.332 e. The highest BCUT2D eigenvalue weighted by atomic mass is 35.5. The van der Waals surface area contributed by atoms with Gasteiger partial charge < -0.3 is 4.52 Å². The summed E-state index contributed by atoms with van der Waals surface area (Å²) in [6, 6.07) is 4.34. The van der Waals surface area contributed by atoms with Crippen LogP contribution in [-0.4, -0.2) is 40.3 Å². The molecule has 31 heavy (non-hydrogen) atoms. The minimum atomic E-state index is -3.16. The predicted octanol–water partition coefficient (Wildman–Crippen LogP) is 3.97. The average Bonchev–Trinajstić information content (AvgIpc) is 3.21. The van der Waals surface area contributed by atoms with Crippen molar-refractivity contribution in [2.75, 3.05) is 12.0 Å². The van der Waals surface area contributed by atoms with Crippen LogP contribution < -0.4 is 0 Å². The second-order valence-electron chi connectivity index (χ2n) is 7.96. The van der Waals surface area contributed by atoms with Gasteiger partial charge >= 0.3 is 0 Å². The normalized spacial score (nSPS) is 15.4. The van der Waals surface area contributed by atoms with Crippen molar-refractivity contribution in [3.63, 3.8) is 0 Å². The van der Waals surface area contributed by atoms with E-state index in [1.165, 1.54) is 18.4 Å². The van der Waals surface area contributed by atoms with Crippen LogP contribution in [0.2, 0.25) is 5.02 Å². The Hall–Kier alpha value is -2.26. The van der Waals surface area contributed by atoms with Crippen LogP contribution in [0.15, 0.2) is 22.7 Å². The summed E-state index contributed by atoms with van der Waals surface area (Å²) in [6.07, 6.45) is 4.17. The monoisotopic (exact) mass is 466 g/mol. The lowest BCUT2D eigenvalue weighted by atomic mass is 9.95. The summed E-state index contributed by atoms with van der Waals surface area (Å²) >= 11 is 6.31. The van der Waals surface area contributed by atoms with Gasteiger partial charge in [0.1, 0.15) is 21.3 Å². The average molecular weight is 467 g/mol. The minimum Gasteiger partial charge on any atom is -0.332 e. The molecule has 0 spiro atoms. The van der Waals surface area contributed by atoms with Gasteiger partial charge in [0.05, 0.1) is 23.4 Å². The Labute approximate surface area is 185 Å². The van der Waals surface area contributed by atoms with Gasteiger partial charge in [-0.2, -0.15) is 10.1 Å². The Morgan fingerprint density at radius 3 is 2.58 bits per heavy atom. The molecule has 10 heteroatoms. The fourth-order valence-corrected chi connectivity index (χ4v) is 4.84. The van der Waals surface area contributed by atoms with E-state index in [1.807, 2.05) is 13.8 Å². The lowest BCUT2D eigenvalue weighted by molar-refractivity contribution is 0.413. The van der Waals surface area contributed by atoms with Crippen LogP contribution >= 0.6 is 11.6 Å². The van der Waals surface area contributed by atoms with E-state index in [-0.39, 0.29) is 12.3 Å². The molecule has 0 atom stereocenters. The molecule has 0 radical (unpaired) electrons. The van der Waals surface area contributed by atoms with Crippen LogP contribution in [0.1, 0.15) is 49.3 Å². The maximum Gasteiger partial charge on any atom is 0.276 e. The third kappa shape index (κ3) is 4.13. The predicted molar refractivity (Wildman–Crippen MR) is 115 cm³/mol. The number of benzene rings is 1. The van der Waals surface area contributed by atoms with Crippen LogP contribution in [0, 0.1) is 5.82 Å². The standard InChI is InChI=1S/C21H24ClFN4O3S/c1-4-14-17(5-2)25-27(10-11-31(3,28)29)18(14)19-24-20(26-30-19)21(8-9-21)15-7-6-13(23)12-16(15)22/h6-7,12H,4-5,8-11H2,1-3H3. The number of nitrogens with zero attached hydrogens (tertiary/aromatic N) is 4. The molecular weight excluding hydrogens is 443 g/mol. The first kappa shape index (κ1) is 22.0. The summed E-state index contributed by atoms with van der Waals surface area (Å²) in [5, 5.41) is 9.18. The van der Waals surface area contributed by atoms with Crippen molar-refractivity contribution >= 4 is 21.4 Å². The van der Waals surface area contributed by atoms with Gasteiger partial charge in [-0.3, -0.25) is 4.68 Å². The van der Waals surface area contributed by atoms with E-state index in [0.29, 0.717) is 35.3 Å². The molecule has 0 aliphatic heterocycles. The Morgan fingerprint density at radius 2 is 2.00 bits per heavy atom. The SMILES string of the molecule is CCc1nn(CCS(C)(=O)=O)c(-c2nc(C3(c4ccc(F)cc4Cl)CC3)no2)c1CC. The molecule has 166 valence electrons. The van der Waals surface area contributed by atoms with E-state index < -0.39 is 21.1 Å². The summed E-state index contributed by atoms with van der Waals surface area (Å²) in [5.74, 6) is 0.362. The van der Waals surface area contributed by atoms with E-state index in [1.54, 1.807) is 10.7 Å². The molecule has 0 amide bonds. The van der Waals surface area contributed by atoms with E-state index in [0.717, 1.165) is 29.7 Å². The number of aryl methyl sites for hydroxylation is 2. The topological polar surface area (TPSA) is 90.9 Å². The molecule has 1 aliphatic rings. The van der Waals surface area contributed by atoms with Crippen molar-refractivity contribution in [2.45, 2.75) is 51.5 Å². The van der Waals surface area contributed by atoms with Crippen molar-refractivity contribution in [1.29, 1.82) is 0 Å². The number of aromatic nitrogens is 4. The van der Waals surface area contributed by atoms with Crippen LogP contribution in [-0.2, 0) is 34.6 Å². The van der Waals surface area contributed by atoms with Gasteiger partial charge in [-0.1, -0.05) is 36.7 Å². The molecule has 1 aliphatic carbocycles. The zero-order valence-electron chi connectivity index (χ0n) is 17.7. The second kappa shape index (κ2) is 8.02. The van der Waals surface area contributed by atoms with Crippen molar-refractivity contribution in [3.8, 4) is 11.6 Å². The van der Waals surface area contributed by atoms with E-state index >= 15 is 0 Å². The fourth-order valence-electron chi connectivity index (χ4n) is 3.99. The lowest BCUT2D eigenvalue weighted by Crippen LogP contribution is -2.14. The third-order valence-corrected chi connectivity index (χ3v) is 6.99. The molecular formula is C21H24ClFN4O3S. The van der Waals surface area contributed by atoms with Crippen LogP contribution in [0.25, 0.3) is 11.6 Å². The summed E-state index contributed by atoms with van der Waals surface area (Å²) < 4.78 is 44.2. The molecule has 4 rings (SSSR count). The Kier molecular flexibility index (Phi) is 5.68. The first-order valence-corrected chi connectivity index (χ1v) is 12.7. The molecule has 2 heterocycles. The quantitative estimate of drug-likeness (QED) is 0.498. The molecule has 0 N–H and O–H groups in total. The van der Waals surface area contributed by atoms with Gasteiger partial charge in [-0.25, -0.2) is 12.8 Å². The van der Waals surface area contributed by atoms with Crippen molar-refractivity contribution < 1.29 is 17.3 Å². The van der Waals surface area contributed by atoms with Gasteiger partial charge in [0.15, 0.2) is 5.82 Å². The molecule has 0 unspecified atom stereocenters. The van der Waals surface area contributed by atoms with Crippen LogP contribution in [0.3, 0.4) is 0 Å². The minimum absolute atomic E-state index is 0.0376.